The molecule has 0 radical (unpaired) electrons. The average Bonchev–Trinajstić information content (AvgIpc) is 2.39. The topological polar surface area (TPSA) is 68.3 Å². The number of nitrogens with one attached hydrogen (secondary N) is 1. The normalized spacial score (nSPS) is 10.8. The van der Waals surface area contributed by atoms with E-state index in [1.165, 1.54) is 18.3 Å². The number of rotatable bonds is 5. The van der Waals surface area contributed by atoms with Crippen molar-refractivity contribution in [2.24, 2.45) is 0 Å². The summed E-state index contributed by atoms with van der Waals surface area (Å²) in [6.07, 6.45) is 7.61. The molecule has 1 aromatic heterocycles. The third kappa shape index (κ3) is 6.38. The van der Waals surface area contributed by atoms with Crippen molar-refractivity contribution in [1.82, 2.24) is 4.98 Å². The Morgan fingerprint density at radius 2 is 2.21 bits per heavy atom. The maximum absolute atomic E-state index is 11.4. The second kappa shape index (κ2) is 8.05. The number of pyridine rings is 1. The van der Waals surface area contributed by atoms with Crippen LogP contribution in [0.4, 0.5) is 5.82 Å². The first-order valence-electron chi connectivity index (χ1n) is 5.49. The molecule has 0 saturated carbocycles. The van der Waals surface area contributed by atoms with Gasteiger partial charge < -0.3 is 10.1 Å². The van der Waals surface area contributed by atoms with Gasteiger partial charge in [-0.2, -0.15) is 0 Å². The zero-order valence-electron chi connectivity index (χ0n) is 10.3. The summed E-state index contributed by atoms with van der Waals surface area (Å²) in [7, 11) is 0. The van der Waals surface area contributed by atoms with E-state index in [-0.39, 0.29) is 6.61 Å². The molecule has 0 fully saturated rings. The Balaban J connectivity index is 2.35. The summed E-state index contributed by atoms with van der Waals surface area (Å²) in [6, 6.07) is 3.14. The highest BCUT2D eigenvalue weighted by Crippen LogP contribution is 2.09. The second-order valence-electron chi connectivity index (χ2n) is 3.40. The molecular formula is C13H13ClN2O3. The van der Waals surface area contributed by atoms with E-state index in [2.05, 4.69) is 10.3 Å². The fourth-order valence-corrected chi connectivity index (χ4v) is 1.17. The molecule has 0 aliphatic carbocycles. The van der Waals surface area contributed by atoms with Crippen molar-refractivity contribution in [1.29, 1.82) is 0 Å². The van der Waals surface area contributed by atoms with Crippen LogP contribution in [0.1, 0.15) is 6.92 Å². The van der Waals surface area contributed by atoms with Crippen molar-refractivity contribution >= 4 is 29.3 Å². The minimum atomic E-state index is -0.586. The Bertz CT molecular complexity index is 495. The van der Waals surface area contributed by atoms with Crippen molar-refractivity contribution in [3.05, 3.63) is 47.7 Å². The van der Waals surface area contributed by atoms with Gasteiger partial charge in [0.05, 0.1) is 5.02 Å². The fraction of sp³-hybridized carbons (Fsp3) is 0.154. The second-order valence-corrected chi connectivity index (χ2v) is 3.84. The Morgan fingerprint density at radius 3 is 2.84 bits per heavy atom. The number of esters is 1. The van der Waals surface area contributed by atoms with Crippen LogP contribution < -0.4 is 5.32 Å². The third-order valence-electron chi connectivity index (χ3n) is 1.88. The number of nitrogens with zero attached hydrogens (tertiary/aromatic N) is 1. The highest BCUT2D eigenvalue weighted by molar-refractivity contribution is 6.30. The van der Waals surface area contributed by atoms with E-state index < -0.39 is 11.9 Å². The summed E-state index contributed by atoms with van der Waals surface area (Å²) in [6.45, 7) is 1.45. The molecule has 0 spiro atoms. The van der Waals surface area contributed by atoms with Crippen molar-refractivity contribution < 1.29 is 14.3 Å². The van der Waals surface area contributed by atoms with Gasteiger partial charge in [-0.15, -0.1) is 0 Å². The average molecular weight is 281 g/mol. The number of hydrogen-bond acceptors (Lipinski definition) is 4. The molecule has 1 amide bonds. The van der Waals surface area contributed by atoms with Gasteiger partial charge in [0.25, 0.3) is 5.91 Å². The van der Waals surface area contributed by atoms with E-state index in [0.29, 0.717) is 10.8 Å². The van der Waals surface area contributed by atoms with Crippen molar-refractivity contribution in [2.75, 3.05) is 11.9 Å². The lowest BCUT2D eigenvalue weighted by Crippen LogP contribution is -2.20. The van der Waals surface area contributed by atoms with Crippen LogP contribution in [-0.4, -0.2) is 23.5 Å². The first-order valence-corrected chi connectivity index (χ1v) is 5.87. The SMILES string of the molecule is C/C=C/C=C/C(=O)OCC(=O)Nc1ccc(Cl)cn1. The van der Waals surface area contributed by atoms with Gasteiger partial charge >= 0.3 is 5.97 Å². The molecule has 0 aromatic carbocycles. The molecule has 0 aliphatic heterocycles. The number of aromatic nitrogens is 1. The van der Waals surface area contributed by atoms with E-state index in [9.17, 15) is 9.59 Å². The smallest absolute Gasteiger partial charge is 0.331 e. The molecule has 0 unspecified atom stereocenters. The monoisotopic (exact) mass is 280 g/mol. The maximum atomic E-state index is 11.4. The first kappa shape index (κ1) is 14.9. The summed E-state index contributed by atoms with van der Waals surface area (Å²) in [5.74, 6) is -0.713. The molecule has 6 heteroatoms. The number of carbonyl (C=O) groups excluding carboxylic acids is 2. The Kier molecular flexibility index (Phi) is 6.32. The van der Waals surface area contributed by atoms with Gasteiger partial charge in [-0.05, 0) is 19.1 Å². The third-order valence-corrected chi connectivity index (χ3v) is 2.10. The number of hydrogen-bond donors (Lipinski definition) is 1. The molecule has 5 nitrogen and oxygen atoms in total. The van der Waals surface area contributed by atoms with Crippen LogP contribution in [0.5, 0.6) is 0 Å². The summed E-state index contributed by atoms with van der Waals surface area (Å²) < 4.78 is 4.72. The first-order chi connectivity index (χ1) is 9.11. The summed E-state index contributed by atoms with van der Waals surface area (Å²) in [4.78, 5) is 26.5. The Morgan fingerprint density at radius 1 is 1.42 bits per heavy atom. The quantitative estimate of drug-likeness (QED) is 0.511. The van der Waals surface area contributed by atoms with Crippen LogP contribution in [0.15, 0.2) is 42.6 Å². The van der Waals surface area contributed by atoms with Gasteiger partial charge in [0.2, 0.25) is 0 Å². The number of carbonyl (C=O) groups is 2. The fourth-order valence-electron chi connectivity index (χ4n) is 1.06. The zero-order chi connectivity index (χ0) is 14.1. The maximum Gasteiger partial charge on any atom is 0.331 e. The molecule has 100 valence electrons. The number of ether oxygens (including phenoxy) is 1. The van der Waals surface area contributed by atoms with Gasteiger partial charge in [0, 0.05) is 12.3 Å². The van der Waals surface area contributed by atoms with Gasteiger partial charge in [-0.25, -0.2) is 9.78 Å². The molecule has 0 saturated heterocycles. The number of anilines is 1. The summed E-state index contributed by atoms with van der Waals surface area (Å²) in [5.41, 5.74) is 0. The van der Waals surface area contributed by atoms with Gasteiger partial charge in [0.1, 0.15) is 5.82 Å². The highest BCUT2D eigenvalue weighted by atomic mass is 35.5. The van der Waals surface area contributed by atoms with Gasteiger partial charge in [-0.3, -0.25) is 4.79 Å². The molecule has 1 rings (SSSR count). The number of halogens is 1. The molecule has 1 N–H and O–H groups in total. The van der Waals surface area contributed by atoms with Crippen LogP contribution in [0.3, 0.4) is 0 Å². The minimum absolute atomic E-state index is 0.343. The lowest BCUT2D eigenvalue weighted by Gasteiger charge is -2.04. The van der Waals surface area contributed by atoms with E-state index in [1.54, 1.807) is 24.3 Å². The minimum Gasteiger partial charge on any atom is -0.452 e. The predicted octanol–water partition coefficient (Wildman–Crippen LogP) is 2.35. The van der Waals surface area contributed by atoms with Crippen LogP contribution in [0.2, 0.25) is 5.02 Å². The molecule has 0 bridgehead atoms. The largest absolute Gasteiger partial charge is 0.452 e. The van der Waals surface area contributed by atoms with Crippen molar-refractivity contribution in [3.63, 3.8) is 0 Å². The predicted molar refractivity (Wildman–Crippen MR) is 72.8 cm³/mol. The highest BCUT2D eigenvalue weighted by Gasteiger charge is 2.05. The van der Waals surface area contributed by atoms with E-state index in [4.69, 9.17) is 16.3 Å². The standard InChI is InChI=1S/C13H13ClN2O3/c1-2-3-4-5-13(18)19-9-12(17)16-11-7-6-10(14)8-15-11/h2-8H,9H2,1H3,(H,15,16,17)/b3-2+,5-4+. The van der Waals surface area contributed by atoms with E-state index in [0.717, 1.165) is 0 Å². The van der Waals surface area contributed by atoms with Crippen molar-refractivity contribution in [2.45, 2.75) is 6.92 Å². The number of amides is 1. The molecule has 0 aliphatic rings. The Labute approximate surface area is 115 Å². The lowest BCUT2D eigenvalue weighted by molar-refractivity contribution is -0.142. The van der Waals surface area contributed by atoms with Gasteiger partial charge in [0.15, 0.2) is 6.61 Å². The molecule has 1 aromatic rings. The van der Waals surface area contributed by atoms with Crippen LogP contribution >= 0.6 is 11.6 Å². The van der Waals surface area contributed by atoms with Crippen LogP contribution in [0, 0.1) is 0 Å². The van der Waals surface area contributed by atoms with Gasteiger partial charge in [-0.1, -0.05) is 29.8 Å². The van der Waals surface area contributed by atoms with E-state index in [1.807, 2.05) is 6.92 Å². The summed E-state index contributed by atoms with van der Waals surface area (Å²) >= 11 is 5.65. The lowest BCUT2D eigenvalue weighted by atomic mass is 10.4. The molecule has 19 heavy (non-hydrogen) atoms. The van der Waals surface area contributed by atoms with Crippen LogP contribution in [0.25, 0.3) is 0 Å². The van der Waals surface area contributed by atoms with Crippen LogP contribution in [-0.2, 0) is 14.3 Å². The summed E-state index contributed by atoms with van der Waals surface area (Å²) in [5, 5.41) is 2.94. The van der Waals surface area contributed by atoms with Crippen molar-refractivity contribution in [3.8, 4) is 0 Å². The zero-order valence-corrected chi connectivity index (χ0v) is 11.1. The number of allylic oxidation sites excluding steroid dienone is 3. The van der Waals surface area contributed by atoms with E-state index >= 15 is 0 Å². The molecule has 0 atom stereocenters. The Hall–Kier alpha value is -2.14. The molecule has 1 heterocycles. The molecular weight excluding hydrogens is 268 g/mol.